The molecule has 7 heteroatoms. The number of rotatable bonds is 2. The number of benzene rings is 2. The number of phenolic OH excluding ortho intramolecular Hbond substituents is 1. The summed E-state index contributed by atoms with van der Waals surface area (Å²) in [5.41, 5.74) is 2.48. The van der Waals surface area contributed by atoms with Crippen LogP contribution in [0.25, 0.3) is 0 Å². The largest absolute Gasteiger partial charge is 0.529 e. The molecule has 2 aromatic rings. The molecule has 0 aromatic heterocycles. The van der Waals surface area contributed by atoms with Gasteiger partial charge in [0, 0.05) is 12.6 Å². The third-order valence-corrected chi connectivity index (χ3v) is 4.58. The third kappa shape index (κ3) is 2.13. The van der Waals surface area contributed by atoms with Crippen molar-refractivity contribution in [2.45, 2.75) is 12.5 Å². The van der Waals surface area contributed by atoms with Crippen molar-refractivity contribution in [3.05, 3.63) is 59.7 Å². The molecule has 2 aliphatic rings. The fourth-order valence-electron chi connectivity index (χ4n) is 3.43. The van der Waals surface area contributed by atoms with Crippen molar-refractivity contribution >= 4 is 24.2 Å². The van der Waals surface area contributed by atoms with Gasteiger partial charge >= 0.3 is 6.62 Å². The molecule has 6 nitrogen and oxygen atoms in total. The first kappa shape index (κ1) is 14.0. The molecule has 2 aromatic carbocycles. The topological polar surface area (TPSA) is 89.7 Å². The van der Waals surface area contributed by atoms with E-state index in [0.717, 1.165) is 16.6 Å². The van der Waals surface area contributed by atoms with Crippen LogP contribution in [0.3, 0.4) is 0 Å². The summed E-state index contributed by atoms with van der Waals surface area (Å²) in [6.07, 6.45) is 2.08. The summed E-state index contributed by atoms with van der Waals surface area (Å²) in [5, 5.41) is 26.3. The molecule has 0 spiro atoms. The fourth-order valence-corrected chi connectivity index (χ4v) is 3.43. The second-order valence-electron chi connectivity index (χ2n) is 6.06. The molecule has 4 N–H and O–H groups in total. The molecule has 2 heterocycles. The average molecular weight is 309 g/mol. The highest BCUT2D eigenvalue weighted by molar-refractivity contribution is 6.79. The number of hydrogen-bond donors (Lipinski definition) is 3. The maximum Gasteiger partial charge on any atom is 0.485 e. The highest BCUT2D eigenvalue weighted by atomic mass is 16.3. The zero-order valence-corrected chi connectivity index (χ0v) is 12.3. The van der Waals surface area contributed by atoms with Crippen LogP contribution >= 0.6 is 0 Å². The first-order valence-corrected chi connectivity index (χ1v) is 7.57. The first-order chi connectivity index (χ1) is 11.1. The zero-order valence-electron chi connectivity index (χ0n) is 12.3. The van der Waals surface area contributed by atoms with Gasteiger partial charge in [-0.25, -0.2) is 5.10 Å². The highest BCUT2D eigenvalue weighted by Gasteiger charge is 2.54. The molecule has 116 valence electrons. The second-order valence-corrected chi connectivity index (χ2v) is 6.06. The van der Waals surface area contributed by atoms with Crippen LogP contribution in [0.4, 0.5) is 0 Å². The lowest BCUT2D eigenvalue weighted by atomic mass is 9.57. The number of amides is 1. The van der Waals surface area contributed by atoms with Gasteiger partial charge in [0.05, 0.1) is 0 Å². The van der Waals surface area contributed by atoms with Crippen LogP contribution in [0.1, 0.15) is 11.1 Å². The first-order valence-electron chi connectivity index (χ1n) is 7.57. The molecule has 0 unspecified atom stereocenters. The van der Waals surface area contributed by atoms with Crippen LogP contribution in [0.15, 0.2) is 53.6 Å². The minimum atomic E-state index is -2.26. The lowest BCUT2D eigenvalue weighted by Crippen LogP contribution is -3.07. The minimum Gasteiger partial charge on any atom is -0.529 e. The summed E-state index contributed by atoms with van der Waals surface area (Å²) in [6.45, 7) is -2.26. The van der Waals surface area contributed by atoms with Crippen molar-refractivity contribution in [3.8, 4) is 5.75 Å². The highest BCUT2D eigenvalue weighted by Crippen LogP contribution is 2.18. The molecule has 0 aliphatic carbocycles. The molecular weight excluding hydrogens is 293 g/mol. The molecule has 0 radical (unpaired) electrons. The van der Waals surface area contributed by atoms with E-state index in [1.807, 2.05) is 24.3 Å². The minimum absolute atomic E-state index is 0.189. The molecule has 1 amide bonds. The molecular formula is C16H16BN3O3. The smallest absolute Gasteiger partial charge is 0.485 e. The van der Waals surface area contributed by atoms with Gasteiger partial charge in [-0.1, -0.05) is 41.9 Å². The molecule has 4 rings (SSSR count). The molecule has 2 atom stereocenters. The average Bonchev–Trinajstić information content (AvgIpc) is 2.81. The van der Waals surface area contributed by atoms with Gasteiger partial charge in [-0.3, -0.25) is 4.79 Å². The van der Waals surface area contributed by atoms with Gasteiger partial charge < -0.3 is 20.3 Å². The Labute approximate surface area is 133 Å². The van der Waals surface area contributed by atoms with Gasteiger partial charge in [-0.15, -0.1) is 0 Å². The number of phenols is 1. The van der Waals surface area contributed by atoms with Crippen LogP contribution < -0.4 is 10.7 Å². The van der Waals surface area contributed by atoms with Crippen molar-refractivity contribution in [2.75, 3.05) is 0 Å². The Kier molecular flexibility index (Phi) is 3.00. The monoisotopic (exact) mass is 309 g/mol. The lowest BCUT2D eigenvalue weighted by molar-refractivity contribution is -0.561. The van der Waals surface area contributed by atoms with Crippen LogP contribution in [0.2, 0.25) is 0 Å². The molecule has 1 fully saturated rings. The van der Waals surface area contributed by atoms with E-state index in [2.05, 4.69) is 5.10 Å². The molecule has 0 bridgehead atoms. The zero-order chi connectivity index (χ0) is 16.0. The summed E-state index contributed by atoms with van der Waals surface area (Å²) in [7, 11) is 0. The van der Waals surface area contributed by atoms with E-state index in [0.29, 0.717) is 6.42 Å². The maximum absolute atomic E-state index is 12.6. The fraction of sp³-hybridized carbons (Fsp3) is 0.125. The number of fused-ring (bicyclic) bond motifs is 3. The SMILES string of the molecule is O=C1[C@H](Cc2ccc(O)cc2)[NH2+][B@-]2(O)c3ccccc3C=NN12. The van der Waals surface area contributed by atoms with Gasteiger partial charge in [-0.2, -0.15) is 0 Å². The normalized spacial score (nSPS) is 25.3. The van der Waals surface area contributed by atoms with E-state index in [1.54, 1.807) is 35.7 Å². The quantitative estimate of drug-likeness (QED) is 0.615. The molecule has 23 heavy (non-hydrogen) atoms. The van der Waals surface area contributed by atoms with E-state index < -0.39 is 12.7 Å². The maximum atomic E-state index is 12.6. The number of hydrazone groups is 1. The van der Waals surface area contributed by atoms with Crippen LogP contribution in [0, 0.1) is 0 Å². The molecule has 2 aliphatic heterocycles. The van der Waals surface area contributed by atoms with E-state index in [4.69, 9.17) is 0 Å². The van der Waals surface area contributed by atoms with E-state index >= 15 is 0 Å². The van der Waals surface area contributed by atoms with Gasteiger partial charge in [0.1, 0.15) is 11.8 Å². The van der Waals surface area contributed by atoms with E-state index in [-0.39, 0.29) is 11.7 Å². The summed E-state index contributed by atoms with van der Waals surface area (Å²) < 4.78 is 0. The van der Waals surface area contributed by atoms with Crippen LogP contribution in [0.5, 0.6) is 5.75 Å². The summed E-state index contributed by atoms with van der Waals surface area (Å²) in [5.74, 6) is -0.0133. The Hall–Kier alpha value is -2.64. The van der Waals surface area contributed by atoms with Crippen molar-refractivity contribution in [2.24, 2.45) is 5.10 Å². The number of quaternary nitrogens is 1. The Bertz CT molecular complexity index is 808. The Morgan fingerprint density at radius 1 is 1.17 bits per heavy atom. The standard InChI is InChI=1S/C16H16BN3O3/c21-13-7-5-11(6-8-13)9-15-16(22)20-17(23,19-15)14-4-2-1-3-12(14)10-18-20/h1-8,10,15,21,23H,9,19H2/t15-,17+/m0/s1. The van der Waals surface area contributed by atoms with Crippen molar-refractivity contribution in [3.63, 3.8) is 0 Å². The number of nitrogens with two attached hydrogens (primary N) is 1. The van der Waals surface area contributed by atoms with Crippen molar-refractivity contribution in [1.82, 2.24) is 4.92 Å². The number of nitrogens with zero attached hydrogens (tertiary/aromatic N) is 2. The molecule has 1 saturated heterocycles. The van der Waals surface area contributed by atoms with E-state index in [9.17, 15) is 14.9 Å². The Morgan fingerprint density at radius 2 is 1.91 bits per heavy atom. The summed E-state index contributed by atoms with van der Waals surface area (Å²) >= 11 is 0. The lowest BCUT2D eigenvalue weighted by Gasteiger charge is -2.35. The van der Waals surface area contributed by atoms with Crippen LogP contribution in [-0.4, -0.2) is 39.8 Å². The van der Waals surface area contributed by atoms with Crippen LogP contribution in [-0.2, 0) is 11.2 Å². The number of carbonyl (C=O) groups excluding carboxylic acids is 1. The summed E-state index contributed by atoms with van der Waals surface area (Å²) in [4.78, 5) is 13.8. The summed E-state index contributed by atoms with van der Waals surface area (Å²) in [6, 6.07) is 13.7. The third-order valence-electron chi connectivity index (χ3n) is 4.58. The predicted octanol–water partition coefficient (Wildman–Crippen LogP) is -1.11. The number of carbonyl (C=O) groups is 1. The predicted molar refractivity (Wildman–Crippen MR) is 86.0 cm³/mol. The molecule has 0 saturated carbocycles. The van der Waals surface area contributed by atoms with E-state index in [1.165, 1.54) is 4.92 Å². The van der Waals surface area contributed by atoms with Crippen molar-refractivity contribution < 1.29 is 20.2 Å². The number of aromatic hydroxyl groups is 1. The van der Waals surface area contributed by atoms with Gasteiger partial charge in [-0.05, 0) is 23.3 Å². The number of hydrogen-bond acceptors (Lipinski definition) is 4. The van der Waals surface area contributed by atoms with Gasteiger partial charge in [0.2, 0.25) is 0 Å². The van der Waals surface area contributed by atoms with Gasteiger partial charge in [0.25, 0.3) is 5.91 Å². The van der Waals surface area contributed by atoms with Gasteiger partial charge in [0.15, 0.2) is 0 Å². The van der Waals surface area contributed by atoms with Crippen molar-refractivity contribution in [1.29, 1.82) is 0 Å². The second kappa shape index (κ2) is 4.94. The Morgan fingerprint density at radius 3 is 2.70 bits per heavy atom. The Balaban J connectivity index is 1.66.